The second-order valence-corrected chi connectivity index (χ2v) is 4.61. The molecule has 0 atom stereocenters. The van der Waals surface area contributed by atoms with E-state index in [1.165, 1.54) is 0 Å². The molecule has 0 amide bonds. The van der Waals surface area contributed by atoms with Crippen LogP contribution in [0.25, 0.3) is 16.2 Å². The molecule has 17 heavy (non-hydrogen) atoms. The predicted octanol–water partition coefficient (Wildman–Crippen LogP) is 2.60. The summed E-state index contributed by atoms with van der Waals surface area (Å²) in [5.41, 5.74) is 9.28. The Balaban J connectivity index is 2.27. The number of aryl methyl sites for hydroxylation is 1. The Kier molecular flexibility index (Phi) is 2.33. The smallest absolute Gasteiger partial charge is 0.196 e. The maximum atomic E-state index is 6.12. The fraction of sp³-hybridized carbons (Fsp3) is 0.167. The van der Waals surface area contributed by atoms with Crippen LogP contribution >= 0.6 is 11.3 Å². The van der Waals surface area contributed by atoms with Crippen LogP contribution in [-0.4, -0.2) is 14.4 Å². The highest BCUT2D eigenvalue weighted by Gasteiger charge is 2.13. The van der Waals surface area contributed by atoms with E-state index in [1.807, 2.05) is 16.5 Å². The predicted molar refractivity (Wildman–Crippen MR) is 70.1 cm³/mol. The molecule has 5 heteroatoms. The second kappa shape index (κ2) is 3.85. The number of rotatable bonds is 2. The number of anilines is 1. The van der Waals surface area contributed by atoms with Gasteiger partial charge in [-0.2, -0.15) is 0 Å². The second-order valence-electron chi connectivity index (χ2n) is 3.77. The number of pyridine rings is 1. The van der Waals surface area contributed by atoms with E-state index in [2.05, 4.69) is 22.3 Å². The third-order valence-corrected chi connectivity index (χ3v) is 3.61. The standard InChI is InChI=1S/C12H12N4S/c1-2-9-11(13)16-10(7-17-12(16)15-9)8-3-5-14-6-4-8/h3-7H,2,13H2,1H3. The topological polar surface area (TPSA) is 56.2 Å². The van der Waals surface area contributed by atoms with Crippen molar-refractivity contribution < 1.29 is 0 Å². The lowest BCUT2D eigenvalue weighted by Crippen LogP contribution is -1.96. The van der Waals surface area contributed by atoms with E-state index >= 15 is 0 Å². The van der Waals surface area contributed by atoms with Crippen molar-refractivity contribution in [2.24, 2.45) is 0 Å². The minimum atomic E-state index is 0.746. The zero-order chi connectivity index (χ0) is 11.8. The van der Waals surface area contributed by atoms with E-state index in [-0.39, 0.29) is 0 Å². The molecule has 0 aliphatic carbocycles. The Morgan fingerprint density at radius 2 is 2.12 bits per heavy atom. The summed E-state index contributed by atoms with van der Waals surface area (Å²) in [4.78, 5) is 9.49. The molecule has 3 aromatic heterocycles. The van der Waals surface area contributed by atoms with Crippen LogP contribution in [-0.2, 0) is 6.42 Å². The summed E-state index contributed by atoms with van der Waals surface area (Å²) in [6.45, 7) is 2.06. The summed E-state index contributed by atoms with van der Waals surface area (Å²) in [5.74, 6) is 0.746. The van der Waals surface area contributed by atoms with Gasteiger partial charge in [0.25, 0.3) is 0 Å². The van der Waals surface area contributed by atoms with Gasteiger partial charge in [0, 0.05) is 23.3 Å². The van der Waals surface area contributed by atoms with Crippen molar-refractivity contribution in [1.82, 2.24) is 14.4 Å². The number of imidazole rings is 1. The van der Waals surface area contributed by atoms with Crippen molar-refractivity contribution in [2.45, 2.75) is 13.3 Å². The largest absolute Gasteiger partial charge is 0.383 e. The van der Waals surface area contributed by atoms with E-state index in [0.717, 1.165) is 34.2 Å². The van der Waals surface area contributed by atoms with Crippen LogP contribution < -0.4 is 5.73 Å². The van der Waals surface area contributed by atoms with Gasteiger partial charge in [0.2, 0.25) is 0 Å². The average Bonchev–Trinajstić information content (AvgIpc) is 2.91. The molecule has 2 N–H and O–H groups in total. The van der Waals surface area contributed by atoms with Gasteiger partial charge in [-0.1, -0.05) is 6.92 Å². The van der Waals surface area contributed by atoms with Crippen LogP contribution in [0.2, 0.25) is 0 Å². The van der Waals surface area contributed by atoms with Crippen LogP contribution in [0.3, 0.4) is 0 Å². The highest BCUT2D eigenvalue weighted by Crippen LogP contribution is 2.29. The van der Waals surface area contributed by atoms with Crippen molar-refractivity contribution in [3.63, 3.8) is 0 Å². The van der Waals surface area contributed by atoms with Crippen molar-refractivity contribution in [3.8, 4) is 11.3 Å². The summed E-state index contributed by atoms with van der Waals surface area (Å²) in [6.07, 6.45) is 4.43. The third kappa shape index (κ3) is 1.51. The Labute approximate surface area is 103 Å². The van der Waals surface area contributed by atoms with E-state index in [0.29, 0.717) is 0 Å². The van der Waals surface area contributed by atoms with Crippen LogP contribution in [0, 0.1) is 0 Å². The zero-order valence-corrected chi connectivity index (χ0v) is 10.2. The number of hydrogen-bond acceptors (Lipinski definition) is 4. The molecule has 0 bridgehead atoms. The Hall–Kier alpha value is -1.88. The molecule has 3 heterocycles. The van der Waals surface area contributed by atoms with Gasteiger partial charge in [-0.15, -0.1) is 11.3 Å². The first-order chi connectivity index (χ1) is 8.31. The summed E-state index contributed by atoms with van der Waals surface area (Å²) < 4.78 is 2.01. The van der Waals surface area contributed by atoms with Crippen molar-refractivity contribution in [2.75, 3.05) is 5.73 Å². The van der Waals surface area contributed by atoms with E-state index < -0.39 is 0 Å². The molecule has 0 spiro atoms. The Morgan fingerprint density at radius 1 is 1.35 bits per heavy atom. The molecule has 0 fully saturated rings. The third-order valence-electron chi connectivity index (χ3n) is 2.79. The summed E-state index contributed by atoms with van der Waals surface area (Å²) in [6, 6.07) is 3.96. The van der Waals surface area contributed by atoms with Crippen molar-refractivity contribution in [3.05, 3.63) is 35.6 Å². The molecule has 0 aliphatic heterocycles. The molecule has 0 saturated heterocycles. The number of thiazole rings is 1. The van der Waals surface area contributed by atoms with Crippen LogP contribution in [0.1, 0.15) is 12.6 Å². The number of nitrogen functional groups attached to an aromatic ring is 1. The summed E-state index contributed by atoms with van der Waals surface area (Å²) in [5, 5.41) is 2.08. The molecule has 3 aromatic rings. The molecule has 0 saturated carbocycles. The lowest BCUT2D eigenvalue weighted by molar-refractivity contribution is 1.08. The zero-order valence-electron chi connectivity index (χ0n) is 9.42. The van der Waals surface area contributed by atoms with Crippen LogP contribution in [0.15, 0.2) is 29.9 Å². The van der Waals surface area contributed by atoms with Gasteiger partial charge in [-0.3, -0.25) is 9.38 Å². The van der Waals surface area contributed by atoms with Gasteiger partial charge in [0.05, 0.1) is 11.4 Å². The van der Waals surface area contributed by atoms with Crippen LogP contribution in [0.5, 0.6) is 0 Å². The first-order valence-electron chi connectivity index (χ1n) is 5.46. The normalized spacial score (nSPS) is 11.1. The van der Waals surface area contributed by atoms with Crippen molar-refractivity contribution >= 4 is 22.1 Å². The van der Waals surface area contributed by atoms with Gasteiger partial charge < -0.3 is 5.73 Å². The van der Waals surface area contributed by atoms with Gasteiger partial charge in [-0.05, 0) is 18.6 Å². The lowest BCUT2D eigenvalue weighted by atomic mass is 10.2. The average molecular weight is 244 g/mol. The fourth-order valence-electron chi connectivity index (χ4n) is 1.91. The van der Waals surface area contributed by atoms with Gasteiger partial charge in [-0.25, -0.2) is 4.98 Å². The minimum Gasteiger partial charge on any atom is -0.383 e. The van der Waals surface area contributed by atoms with Gasteiger partial charge in [0.1, 0.15) is 5.82 Å². The molecule has 3 rings (SSSR count). The lowest BCUT2D eigenvalue weighted by Gasteiger charge is -2.01. The van der Waals surface area contributed by atoms with Crippen molar-refractivity contribution in [1.29, 1.82) is 0 Å². The molecule has 0 unspecified atom stereocenters. The van der Waals surface area contributed by atoms with Crippen LogP contribution in [0.4, 0.5) is 5.82 Å². The number of aromatic nitrogens is 3. The summed E-state index contributed by atoms with van der Waals surface area (Å²) in [7, 11) is 0. The Morgan fingerprint density at radius 3 is 2.82 bits per heavy atom. The summed E-state index contributed by atoms with van der Waals surface area (Å²) >= 11 is 1.61. The molecule has 0 aromatic carbocycles. The minimum absolute atomic E-state index is 0.746. The molecule has 0 aliphatic rings. The van der Waals surface area contributed by atoms with Gasteiger partial charge in [0.15, 0.2) is 4.96 Å². The first kappa shape index (κ1) is 10.3. The maximum absolute atomic E-state index is 6.12. The first-order valence-corrected chi connectivity index (χ1v) is 6.34. The fourth-order valence-corrected chi connectivity index (χ4v) is 2.83. The molecule has 86 valence electrons. The number of nitrogens with zero attached hydrogens (tertiary/aromatic N) is 3. The molecular weight excluding hydrogens is 232 g/mol. The van der Waals surface area contributed by atoms with Gasteiger partial charge >= 0.3 is 0 Å². The number of hydrogen-bond donors (Lipinski definition) is 1. The monoisotopic (exact) mass is 244 g/mol. The Bertz CT molecular complexity index is 654. The van der Waals surface area contributed by atoms with E-state index in [1.54, 1.807) is 23.7 Å². The molecule has 4 nitrogen and oxygen atoms in total. The maximum Gasteiger partial charge on any atom is 0.196 e. The number of nitrogens with two attached hydrogens (primary N) is 1. The number of fused-ring (bicyclic) bond motifs is 1. The van der Waals surface area contributed by atoms with E-state index in [4.69, 9.17) is 5.73 Å². The SMILES string of the molecule is CCc1nc2scc(-c3ccncc3)n2c1N. The highest BCUT2D eigenvalue weighted by atomic mass is 32.1. The quantitative estimate of drug-likeness (QED) is 0.754. The molecule has 0 radical (unpaired) electrons. The van der Waals surface area contributed by atoms with E-state index in [9.17, 15) is 0 Å². The highest BCUT2D eigenvalue weighted by molar-refractivity contribution is 7.15. The molecular formula is C12H12N4S.